The Morgan fingerprint density at radius 3 is 2.53 bits per heavy atom. The largest absolute Gasteiger partial charge is 0.488 e. The molecule has 3 aromatic rings. The molecule has 0 unspecified atom stereocenters. The third kappa shape index (κ3) is 5.10. The zero-order valence-corrected chi connectivity index (χ0v) is 19.2. The van der Waals surface area contributed by atoms with Crippen LogP contribution in [0.25, 0.3) is 11.4 Å². The number of hydrogen-bond donors (Lipinski definition) is 0. The van der Waals surface area contributed by atoms with E-state index in [9.17, 15) is 8.78 Å². The molecule has 7 heteroatoms. The van der Waals surface area contributed by atoms with Crippen molar-refractivity contribution in [2.45, 2.75) is 39.2 Å². The zero-order valence-electron chi connectivity index (χ0n) is 18.4. The molecule has 0 fully saturated rings. The summed E-state index contributed by atoms with van der Waals surface area (Å²) >= 11 is 1.59. The highest BCUT2D eigenvalue weighted by atomic mass is 32.2. The number of benzene rings is 2. The molecule has 0 N–H and O–H groups in total. The lowest BCUT2D eigenvalue weighted by atomic mass is 9.99. The van der Waals surface area contributed by atoms with E-state index in [0.717, 1.165) is 36.1 Å². The molecule has 0 spiro atoms. The van der Waals surface area contributed by atoms with Crippen molar-refractivity contribution in [2.24, 2.45) is 0 Å². The lowest BCUT2D eigenvalue weighted by Crippen LogP contribution is -2.25. The Morgan fingerprint density at radius 2 is 1.84 bits per heavy atom. The molecule has 1 aliphatic heterocycles. The van der Waals surface area contributed by atoms with E-state index in [0.29, 0.717) is 36.3 Å². The Balaban J connectivity index is 1.32. The average Bonchev–Trinajstić information content (AvgIpc) is 2.83. The van der Waals surface area contributed by atoms with E-state index in [1.165, 1.54) is 6.07 Å². The van der Waals surface area contributed by atoms with Crippen molar-refractivity contribution in [1.29, 1.82) is 0 Å². The van der Waals surface area contributed by atoms with Gasteiger partial charge in [-0.2, -0.15) is 0 Å². The van der Waals surface area contributed by atoms with Crippen molar-refractivity contribution in [1.82, 2.24) is 14.3 Å². The fourth-order valence-electron chi connectivity index (χ4n) is 3.85. The van der Waals surface area contributed by atoms with Crippen LogP contribution in [0.3, 0.4) is 0 Å². The molecule has 0 amide bonds. The molecule has 1 aromatic heterocycles. The van der Waals surface area contributed by atoms with Gasteiger partial charge in [0.2, 0.25) is 0 Å². The zero-order chi connectivity index (χ0) is 22.5. The van der Waals surface area contributed by atoms with Crippen LogP contribution in [-0.4, -0.2) is 33.7 Å². The molecule has 0 radical (unpaired) electrons. The van der Waals surface area contributed by atoms with Crippen molar-refractivity contribution in [2.75, 3.05) is 19.4 Å². The van der Waals surface area contributed by atoms with E-state index in [2.05, 4.69) is 21.2 Å². The fraction of sp³-hybridized carbons (Fsp3) is 0.360. The number of rotatable bonds is 8. The van der Waals surface area contributed by atoms with Crippen LogP contribution in [-0.2, 0) is 25.8 Å². The first kappa shape index (κ1) is 22.7. The molecule has 1 aliphatic rings. The summed E-state index contributed by atoms with van der Waals surface area (Å²) in [5.74, 6) is -0.706. The van der Waals surface area contributed by atoms with Gasteiger partial charge in [-0.25, -0.2) is 23.1 Å². The minimum Gasteiger partial charge on any atom is -0.488 e. The van der Waals surface area contributed by atoms with Gasteiger partial charge in [0, 0.05) is 31.0 Å². The molecular formula is C25H27F2N3OS. The third-order valence-corrected chi connectivity index (χ3v) is 6.60. The molecule has 168 valence electrons. The van der Waals surface area contributed by atoms with E-state index in [1.807, 2.05) is 42.9 Å². The summed E-state index contributed by atoms with van der Waals surface area (Å²) in [6, 6.07) is 9.48. The topological polar surface area (TPSA) is 38.2 Å². The maximum atomic E-state index is 14.8. The molecule has 0 aliphatic carbocycles. The summed E-state index contributed by atoms with van der Waals surface area (Å²) in [6.07, 6.45) is 8.58. The van der Waals surface area contributed by atoms with Crippen LogP contribution in [0.1, 0.15) is 35.6 Å². The second-order valence-corrected chi connectivity index (χ2v) is 8.73. The normalized spacial score (nSPS) is 13.8. The standard InChI is InChI=1S/C25H27F2N3OS/c1-3-17-14-28-25(29-15-17)19-8-6-18(7-9-19)5-4-12-31-24-22(26)13-20-16-30(32-2)11-10-21(20)23(24)27/h6-9,13-15H,3-5,10-12,16H2,1-2H3. The predicted molar refractivity (Wildman–Crippen MR) is 125 cm³/mol. The van der Waals surface area contributed by atoms with Gasteiger partial charge in [-0.1, -0.05) is 43.1 Å². The van der Waals surface area contributed by atoms with Crippen molar-refractivity contribution in [3.63, 3.8) is 0 Å². The molecule has 0 atom stereocenters. The molecule has 4 nitrogen and oxygen atoms in total. The first-order valence-electron chi connectivity index (χ1n) is 10.9. The number of fused-ring (bicyclic) bond motifs is 1. The Labute approximate surface area is 192 Å². The van der Waals surface area contributed by atoms with Crippen molar-refractivity contribution < 1.29 is 13.5 Å². The van der Waals surface area contributed by atoms with Gasteiger partial charge in [-0.3, -0.25) is 0 Å². The van der Waals surface area contributed by atoms with E-state index >= 15 is 0 Å². The maximum Gasteiger partial charge on any atom is 0.191 e. The van der Waals surface area contributed by atoms with E-state index in [-0.39, 0.29) is 12.4 Å². The number of hydrogen-bond acceptors (Lipinski definition) is 5. The predicted octanol–water partition coefficient (Wildman–Crippen LogP) is 5.63. The maximum absolute atomic E-state index is 14.8. The first-order valence-corrected chi connectivity index (χ1v) is 12.1. The summed E-state index contributed by atoms with van der Waals surface area (Å²) in [7, 11) is 0. The number of nitrogens with zero attached hydrogens (tertiary/aromatic N) is 3. The Hall–Kier alpha value is -2.51. The van der Waals surface area contributed by atoms with Crippen LogP contribution in [0, 0.1) is 11.6 Å². The van der Waals surface area contributed by atoms with E-state index in [4.69, 9.17) is 4.74 Å². The molecule has 32 heavy (non-hydrogen) atoms. The van der Waals surface area contributed by atoms with Gasteiger partial charge in [0.15, 0.2) is 23.2 Å². The number of aryl methyl sites for hydroxylation is 2. The smallest absolute Gasteiger partial charge is 0.191 e. The summed E-state index contributed by atoms with van der Waals surface area (Å²) in [5.41, 5.74) is 4.49. The summed E-state index contributed by atoms with van der Waals surface area (Å²) < 4.78 is 36.9. The van der Waals surface area contributed by atoms with Gasteiger partial charge < -0.3 is 4.74 Å². The lowest BCUT2D eigenvalue weighted by Gasteiger charge is -2.27. The van der Waals surface area contributed by atoms with Crippen molar-refractivity contribution in [3.05, 3.63) is 76.6 Å². The van der Waals surface area contributed by atoms with Gasteiger partial charge in [-0.05, 0) is 60.3 Å². The number of ether oxygens (including phenoxy) is 1. The van der Waals surface area contributed by atoms with E-state index < -0.39 is 11.6 Å². The molecule has 2 aromatic carbocycles. The number of aromatic nitrogens is 2. The molecule has 2 heterocycles. The second kappa shape index (κ2) is 10.4. The Kier molecular flexibility index (Phi) is 7.37. The lowest BCUT2D eigenvalue weighted by molar-refractivity contribution is 0.276. The monoisotopic (exact) mass is 455 g/mol. The summed E-state index contributed by atoms with van der Waals surface area (Å²) in [6.45, 7) is 3.63. The summed E-state index contributed by atoms with van der Waals surface area (Å²) in [5, 5.41) is 0. The Morgan fingerprint density at radius 1 is 1.09 bits per heavy atom. The average molecular weight is 456 g/mol. The number of halogens is 2. The molecule has 0 saturated heterocycles. The summed E-state index contributed by atoms with van der Waals surface area (Å²) in [4.78, 5) is 8.82. The van der Waals surface area contributed by atoms with Gasteiger partial charge in [0.05, 0.1) is 6.61 Å². The Bertz CT molecular complexity index is 1060. The van der Waals surface area contributed by atoms with Crippen molar-refractivity contribution in [3.8, 4) is 17.1 Å². The molecule has 0 bridgehead atoms. The van der Waals surface area contributed by atoms with Gasteiger partial charge in [0.1, 0.15) is 0 Å². The highest BCUT2D eigenvalue weighted by Gasteiger charge is 2.24. The highest BCUT2D eigenvalue weighted by molar-refractivity contribution is 7.96. The van der Waals surface area contributed by atoms with Crippen LogP contribution in [0.2, 0.25) is 0 Å². The van der Waals surface area contributed by atoms with Gasteiger partial charge >= 0.3 is 0 Å². The van der Waals surface area contributed by atoms with Crippen LogP contribution in [0.5, 0.6) is 5.75 Å². The first-order chi connectivity index (χ1) is 15.6. The van der Waals surface area contributed by atoms with Crippen molar-refractivity contribution >= 4 is 11.9 Å². The van der Waals surface area contributed by atoms with Gasteiger partial charge in [0.25, 0.3) is 0 Å². The molecule has 4 rings (SSSR count). The second-order valence-electron chi connectivity index (χ2n) is 7.85. The minimum atomic E-state index is -0.623. The molecular weight excluding hydrogens is 428 g/mol. The van der Waals surface area contributed by atoms with E-state index in [1.54, 1.807) is 11.9 Å². The SMILES string of the molecule is CCc1cnc(-c2ccc(CCCOc3c(F)cc4c(c3F)CCN(SC)C4)cc2)nc1. The third-order valence-electron chi connectivity index (χ3n) is 5.77. The highest BCUT2D eigenvalue weighted by Crippen LogP contribution is 2.32. The van der Waals surface area contributed by atoms with Crippen LogP contribution < -0.4 is 4.74 Å². The molecule has 0 saturated carbocycles. The van der Waals surface area contributed by atoms with Gasteiger partial charge in [-0.15, -0.1) is 0 Å². The fourth-order valence-corrected chi connectivity index (χ4v) is 4.39. The minimum absolute atomic E-state index is 0.246. The van der Waals surface area contributed by atoms with Crippen LogP contribution >= 0.6 is 11.9 Å². The quantitative estimate of drug-likeness (QED) is 0.325. The van der Waals surface area contributed by atoms with Crippen LogP contribution in [0.4, 0.5) is 8.78 Å². The van der Waals surface area contributed by atoms with Crippen LogP contribution in [0.15, 0.2) is 42.7 Å².